The Kier molecular flexibility index (Phi) is 7.24. The van der Waals surface area contributed by atoms with Gasteiger partial charge in [-0.1, -0.05) is 26.7 Å². The molecule has 2 rings (SSSR count). The zero-order valence-electron chi connectivity index (χ0n) is 19.4. The van der Waals surface area contributed by atoms with E-state index in [0.717, 1.165) is 32.1 Å². The van der Waals surface area contributed by atoms with E-state index in [0.29, 0.717) is 24.5 Å². The van der Waals surface area contributed by atoms with Crippen LogP contribution in [0.25, 0.3) is 0 Å². The van der Waals surface area contributed by atoms with Gasteiger partial charge in [-0.25, -0.2) is 0 Å². The van der Waals surface area contributed by atoms with Gasteiger partial charge >= 0.3 is 5.97 Å². The molecule has 4 nitrogen and oxygen atoms in total. The lowest BCUT2D eigenvalue weighted by atomic mass is 9.61. The van der Waals surface area contributed by atoms with E-state index in [2.05, 4.69) is 47.3 Å². The van der Waals surface area contributed by atoms with Gasteiger partial charge in [-0.05, 0) is 70.5 Å². The molecule has 0 aromatic heterocycles. The largest absolute Gasteiger partial charge is 0.462 e. The average Bonchev–Trinajstić information content (AvgIpc) is 2.77. The molecule has 0 saturated heterocycles. The Bertz CT molecular complexity index is 580. The summed E-state index contributed by atoms with van der Waals surface area (Å²) in [6.07, 6.45) is 6.54. The summed E-state index contributed by atoms with van der Waals surface area (Å²) in [5, 5.41) is 0. The Morgan fingerprint density at radius 2 is 1.96 bits per heavy atom. The Hall–Kier alpha value is -0.683. The molecule has 0 N–H and O–H groups in total. The van der Waals surface area contributed by atoms with Crippen molar-refractivity contribution in [2.75, 3.05) is 0 Å². The lowest BCUT2D eigenvalue weighted by Crippen LogP contribution is -2.41. The summed E-state index contributed by atoms with van der Waals surface area (Å²) >= 11 is 0. The number of carbonyl (C=O) groups excluding carboxylic acids is 2. The van der Waals surface area contributed by atoms with Gasteiger partial charge < -0.3 is 9.16 Å². The van der Waals surface area contributed by atoms with Crippen molar-refractivity contribution >= 4 is 20.1 Å². The monoisotopic (exact) mass is 410 g/mol. The number of esters is 1. The molecule has 0 aliphatic heterocycles. The number of fused-ring (bicyclic) bond motifs is 1. The fourth-order valence-corrected chi connectivity index (χ4v) is 7.98. The van der Waals surface area contributed by atoms with Crippen LogP contribution in [0.4, 0.5) is 0 Å². The molecule has 0 radical (unpaired) electrons. The van der Waals surface area contributed by atoms with Crippen molar-refractivity contribution in [1.82, 2.24) is 0 Å². The highest BCUT2D eigenvalue weighted by molar-refractivity contribution is 6.69. The van der Waals surface area contributed by atoms with Crippen LogP contribution in [0.5, 0.6) is 0 Å². The predicted octanol–water partition coefficient (Wildman–Crippen LogP) is 5.75. The maximum absolute atomic E-state index is 12.6. The molecule has 2 aliphatic rings. The summed E-state index contributed by atoms with van der Waals surface area (Å²) in [6, 6.07) is 0. The van der Waals surface area contributed by atoms with E-state index >= 15 is 0 Å². The van der Waals surface area contributed by atoms with E-state index in [9.17, 15) is 9.59 Å². The first-order chi connectivity index (χ1) is 12.8. The smallest absolute Gasteiger partial charge is 0.302 e. The SMILES string of the molecule is CC(=O)O[C@@H]1C[C@H]2C(=O)CCC[C@]2(C)[C@H]1[C@@H](C)CCCC(C)(C)O[Si](C)(C)C. The molecule has 0 amide bonds. The minimum Gasteiger partial charge on any atom is -0.462 e. The molecule has 0 heterocycles. The van der Waals surface area contributed by atoms with Crippen molar-refractivity contribution in [3.05, 3.63) is 0 Å². The predicted molar refractivity (Wildman–Crippen MR) is 116 cm³/mol. The van der Waals surface area contributed by atoms with Gasteiger partial charge in [-0.15, -0.1) is 0 Å². The summed E-state index contributed by atoms with van der Waals surface area (Å²) in [5.74, 6) is 0.913. The second kappa shape index (κ2) is 8.59. The third-order valence-corrected chi connectivity index (χ3v) is 8.07. The van der Waals surface area contributed by atoms with Crippen molar-refractivity contribution in [3.63, 3.8) is 0 Å². The van der Waals surface area contributed by atoms with Crippen LogP contribution in [-0.2, 0) is 18.8 Å². The summed E-state index contributed by atoms with van der Waals surface area (Å²) in [6.45, 7) is 17.2. The molecule has 0 spiro atoms. The zero-order chi connectivity index (χ0) is 21.3. The van der Waals surface area contributed by atoms with Crippen LogP contribution in [0.1, 0.15) is 79.6 Å². The molecule has 28 heavy (non-hydrogen) atoms. The van der Waals surface area contributed by atoms with Crippen LogP contribution in [0, 0.1) is 23.2 Å². The van der Waals surface area contributed by atoms with E-state index in [1.807, 2.05) is 0 Å². The Morgan fingerprint density at radius 3 is 2.54 bits per heavy atom. The van der Waals surface area contributed by atoms with Crippen molar-refractivity contribution in [2.24, 2.45) is 23.2 Å². The van der Waals surface area contributed by atoms with Gasteiger partial charge in [0.05, 0.1) is 5.60 Å². The van der Waals surface area contributed by atoms with Gasteiger partial charge in [0.1, 0.15) is 11.9 Å². The maximum Gasteiger partial charge on any atom is 0.302 e. The summed E-state index contributed by atoms with van der Waals surface area (Å²) in [4.78, 5) is 24.3. The lowest BCUT2D eigenvalue weighted by molar-refractivity contribution is -0.150. The van der Waals surface area contributed by atoms with E-state index in [1.54, 1.807) is 0 Å². The number of Topliss-reactive ketones (excluding diaryl/α,β-unsaturated/α-hetero) is 1. The van der Waals surface area contributed by atoms with Crippen LogP contribution >= 0.6 is 0 Å². The van der Waals surface area contributed by atoms with Crippen LogP contribution in [0.3, 0.4) is 0 Å². The van der Waals surface area contributed by atoms with E-state index < -0.39 is 8.32 Å². The highest BCUT2D eigenvalue weighted by Crippen LogP contribution is 2.58. The number of rotatable bonds is 8. The van der Waals surface area contributed by atoms with Crippen molar-refractivity contribution in [3.8, 4) is 0 Å². The minimum atomic E-state index is -1.56. The standard InChI is InChI=1S/C23H42O4Si/c1-16(11-9-13-22(3,4)27-28(6,7)8)21-20(26-17(2)24)15-18-19(25)12-10-14-23(18,21)5/h16,18,20-21H,9-15H2,1-8H3/t16-,18-,20+,21-,23-/m0/s1. The normalized spacial score (nSPS) is 32.1. The van der Waals surface area contributed by atoms with Crippen molar-refractivity contribution in [1.29, 1.82) is 0 Å². The third-order valence-electron chi connectivity index (χ3n) is 6.90. The van der Waals surface area contributed by atoms with Gasteiger partial charge in [-0.3, -0.25) is 9.59 Å². The lowest BCUT2D eigenvalue weighted by Gasteiger charge is -2.43. The molecule has 5 heteroatoms. The first-order valence-corrected chi connectivity index (χ1v) is 14.6. The fraction of sp³-hybridized carbons (Fsp3) is 0.913. The summed E-state index contributed by atoms with van der Waals surface area (Å²) < 4.78 is 12.1. The molecule has 0 aromatic carbocycles. The molecular formula is C23H42O4Si. The number of hydrogen-bond donors (Lipinski definition) is 0. The van der Waals surface area contributed by atoms with Crippen LogP contribution in [0.15, 0.2) is 0 Å². The van der Waals surface area contributed by atoms with Crippen LogP contribution in [0.2, 0.25) is 19.6 Å². The molecule has 0 aromatic rings. The molecule has 0 bridgehead atoms. The third kappa shape index (κ3) is 5.68. The van der Waals surface area contributed by atoms with E-state index in [-0.39, 0.29) is 34.9 Å². The Morgan fingerprint density at radius 1 is 1.32 bits per heavy atom. The van der Waals surface area contributed by atoms with Gasteiger partial charge in [0, 0.05) is 25.2 Å². The number of ether oxygens (including phenoxy) is 1. The quantitative estimate of drug-likeness (QED) is 0.377. The summed E-state index contributed by atoms with van der Waals surface area (Å²) in [7, 11) is -1.56. The van der Waals surface area contributed by atoms with Gasteiger partial charge in [-0.2, -0.15) is 0 Å². The number of ketones is 1. The first-order valence-electron chi connectivity index (χ1n) is 11.2. The second-order valence-corrected chi connectivity index (χ2v) is 15.6. The van der Waals surface area contributed by atoms with E-state index in [4.69, 9.17) is 9.16 Å². The molecule has 2 saturated carbocycles. The Balaban J connectivity index is 2.06. The van der Waals surface area contributed by atoms with Crippen LogP contribution < -0.4 is 0 Å². The topological polar surface area (TPSA) is 52.6 Å². The minimum absolute atomic E-state index is 0.0286. The molecule has 0 unspecified atom stereocenters. The maximum atomic E-state index is 12.6. The highest BCUT2D eigenvalue weighted by atomic mass is 28.4. The van der Waals surface area contributed by atoms with Gasteiger partial charge in [0.15, 0.2) is 8.32 Å². The average molecular weight is 411 g/mol. The second-order valence-electron chi connectivity index (χ2n) is 11.1. The first kappa shape index (κ1) is 23.6. The molecular weight excluding hydrogens is 368 g/mol. The van der Waals surface area contributed by atoms with Gasteiger partial charge in [0.25, 0.3) is 0 Å². The van der Waals surface area contributed by atoms with Crippen LogP contribution in [-0.4, -0.2) is 31.8 Å². The van der Waals surface area contributed by atoms with Crippen molar-refractivity contribution in [2.45, 2.75) is 111 Å². The number of hydrogen-bond acceptors (Lipinski definition) is 4. The zero-order valence-corrected chi connectivity index (χ0v) is 20.4. The molecule has 2 fully saturated rings. The molecule has 2 aliphatic carbocycles. The van der Waals surface area contributed by atoms with E-state index in [1.165, 1.54) is 6.92 Å². The van der Waals surface area contributed by atoms with Crippen molar-refractivity contribution < 1.29 is 18.8 Å². The highest BCUT2D eigenvalue weighted by Gasteiger charge is 2.58. The fourth-order valence-electron chi connectivity index (χ4n) is 6.22. The number of carbonyl (C=O) groups is 2. The molecule has 162 valence electrons. The van der Waals surface area contributed by atoms with Gasteiger partial charge in [0.2, 0.25) is 0 Å². The molecule has 5 atom stereocenters. The Labute approximate surface area is 173 Å². The summed E-state index contributed by atoms with van der Waals surface area (Å²) in [5.41, 5.74) is -0.123.